The summed E-state index contributed by atoms with van der Waals surface area (Å²) in [6.45, 7) is 4.76. The van der Waals surface area contributed by atoms with E-state index in [0.717, 1.165) is 24.3 Å². The van der Waals surface area contributed by atoms with Gasteiger partial charge < -0.3 is 4.90 Å². The maximum absolute atomic E-state index is 12.8. The summed E-state index contributed by atoms with van der Waals surface area (Å²) in [5.41, 5.74) is 2.16. The highest BCUT2D eigenvalue weighted by Crippen LogP contribution is 2.15. The van der Waals surface area contributed by atoms with E-state index >= 15 is 0 Å². The van der Waals surface area contributed by atoms with Gasteiger partial charge in [0.25, 0.3) is 0 Å². The molecule has 1 aromatic heterocycles. The Morgan fingerprint density at radius 1 is 1.16 bits per heavy atom. The molecule has 0 aliphatic carbocycles. The van der Waals surface area contributed by atoms with Crippen LogP contribution in [-0.4, -0.2) is 51.7 Å². The number of amides is 1. The Balaban J connectivity index is 1.59. The Morgan fingerprint density at radius 2 is 1.84 bits per heavy atom. The van der Waals surface area contributed by atoms with Crippen LogP contribution < -0.4 is 0 Å². The molecule has 134 valence electrons. The van der Waals surface area contributed by atoms with Crippen molar-refractivity contribution >= 4 is 5.91 Å². The third kappa shape index (κ3) is 4.48. The van der Waals surface area contributed by atoms with Gasteiger partial charge in [-0.25, -0.2) is 4.68 Å². The van der Waals surface area contributed by atoms with Crippen LogP contribution in [0.25, 0.3) is 5.69 Å². The molecule has 1 saturated heterocycles. The van der Waals surface area contributed by atoms with Gasteiger partial charge >= 0.3 is 0 Å². The van der Waals surface area contributed by atoms with E-state index in [1.54, 1.807) is 6.20 Å². The Bertz CT molecular complexity index is 658. The fourth-order valence-corrected chi connectivity index (χ4v) is 3.48. The van der Waals surface area contributed by atoms with Crippen molar-refractivity contribution in [3.05, 3.63) is 48.3 Å². The topological polar surface area (TPSA) is 41.4 Å². The predicted octanol–water partition coefficient (Wildman–Crippen LogP) is 3.10. The largest absolute Gasteiger partial charge is 0.340 e. The van der Waals surface area contributed by atoms with E-state index in [9.17, 15) is 4.79 Å². The molecule has 0 saturated carbocycles. The zero-order valence-electron chi connectivity index (χ0n) is 15.3. The second-order valence-corrected chi connectivity index (χ2v) is 6.94. The molecule has 0 unspecified atom stereocenters. The number of likely N-dealkylation sites (tertiary alicyclic amines) is 1. The molecule has 5 nitrogen and oxygen atoms in total. The minimum Gasteiger partial charge on any atom is -0.340 e. The smallest absolute Gasteiger partial charge is 0.239 e. The van der Waals surface area contributed by atoms with Gasteiger partial charge in [-0.15, -0.1) is 0 Å². The summed E-state index contributed by atoms with van der Waals surface area (Å²) in [4.78, 5) is 17.0. The van der Waals surface area contributed by atoms with Crippen LogP contribution in [0, 0.1) is 0 Å². The van der Waals surface area contributed by atoms with E-state index in [0.29, 0.717) is 6.54 Å². The summed E-state index contributed by atoms with van der Waals surface area (Å²) in [6, 6.07) is 10.1. The van der Waals surface area contributed by atoms with Crippen LogP contribution in [-0.2, 0) is 11.3 Å². The van der Waals surface area contributed by atoms with Gasteiger partial charge in [-0.2, -0.15) is 5.10 Å². The van der Waals surface area contributed by atoms with Gasteiger partial charge in [-0.1, -0.05) is 25.0 Å². The normalized spacial score (nSPS) is 17.0. The minimum absolute atomic E-state index is 0.0357. The second kappa shape index (κ2) is 8.30. The van der Waals surface area contributed by atoms with E-state index < -0.39 is 0 Å². The van der Waals surface area contributed by atoms with Crippen LogP contribution in [0.1, 0.15) is 38.2 Å². The summed E-state index contributed by atoms with van der Waals surface area (Å²) in [5, 5.41) is 4.23. The predicted molar refractivity (Wildman–Crippen MR) is 99.5 cm³/mol. The zero-order valence-corrected chi connectivity index (χ0v) is 15.3. The van der Waals surface area contributed by atoms with Gasteiger partial charge in [0.2, 0.25) is 5.91 Å². The lowest BCUT2D eigenvalue weighted by molar-refractivity contribution is -0.135. The molecule has 0 bridgehead atoms. The van der Waals surface area contributed by atoms with E-state index in [1.807, 2.05) is 47.9 Å². The van der Waals surface area contributed by atoms with Crippen LogP contribution >= 0.6 is 0 Å². The van der Waals surface area contributed by atoms with Crippen LogP contribution in [0.5, 0.6) is 0 Å². The number of carbonyl (C=O) groups excluding carboxylic acids is 1. The third-order valence-corrected chi connectivity index (χ3v) is 5.05. The first-order chi connectivity index (χ1) is 12.1. The van der Waals surface area contributed by atoms with Crippen LogP contribution in [0.3, 0.4) is 0 Å². The number of likely N-dealkylation sites (N-methyl/N-ethyl adjacent to an activating group) is 1. The Kier molecular flexibility index (Phi) is 5.87. The number of aromatic nitrogens is 2. The van der Waals surface area contributed by atoms with Gasteiger partial charge in [0.15, 0.2) is 0 Å². The lowest BCUT2D eigenvalue weighted by Crippen LogP contribution is -2.45. The Labute approximate surface area is 150 Å². The maximum Gasteiger partial charge on any atom is 0.239 e. The van der Waals surface area contributed by atoms with Crippen LogP contribution in [0.4, 0.5) is 0 Å². The molecule has 1 atom stereocenters. The number of carbonyl (C=O) groups is 1. The molecular weight excluding hydrogens is 312 g/mol. The zero-order chi connectivity index (χ0) is 17.6. The van der Waals surface area contributed by atoms with E-state index in [1.165, 1.54) is 25.7 Å². The molecule has 1 amide bonds. The monoisotopic (exact) mass is 340 g/mol. The quantitative estimate of drug-likeness (QED) is 0.840. The summed E-state index contributed by atoms with van der Waals surface area (Å²) < 4.78 is 1.83. The molecule has 1 fully saturated rings. The minimum atomic E-state index is -0.0357. The van der Waals surface area contributed by atoms with Gasteiger partial charge in [0, 0.05) is 26.0 Å². The van der Waals surface area contributed by atoms with Crippen molar-refractivity contribution in [3.8, 4) is 5.69 Å². The highest BCUT2D eigenvalue weighted by molar-refractivity contribution is 5.81. The van der Waals surface area contributed by atoms with Crippen molar-refractivity contribution in [2.24, 2.45) is 0 Å². The van der Waals surface area contributed by atoms with Crippen molar-refractivity contribution in [1.29, 1.82) is 0 Å². The Morgan fingerprint density at radius 3 is 2.44 bits per heavy atom. The molecule has 0 radical (unpaired) electrons. The first kappa shape index (κ1) is 17.7. The SMILES string of the molecule is C[C@H](C(=O)N(C)Cc1ccc(-n2cccn2)cc1)N1CCCCCC1. The van der Waals surface area contributed by atoms with Gasteiger partial charge in [-0.05, 0) is 56.6 Å². The van der Waals surface area contributed by atoms with Crippen molar-refractivity contribution in [2.45, 2.75) is 45.2 Å². The molecule has 2 heterocycles. The maximum atomic E-state index is 12.8. The molecule has 5 heteroatoms. The Hall–Kier alpha value is -2.14. The lowest BCUT2D eigenvalue weighted by Gasteiger charge is -2.30. The summed E-state index contributed by atoms with van der Waals surface area (Å²) >= 11 is 0. The fraction of sp³-hybridized carbons (Fsp3) is 0.500. The standard InChI is InChI=1S/C20H28N4O/c1-17(23-13-5-3-4-6-14-23)20(25)22(2)16-18-8-10-19(11-9-18)24-15-7-12-21-24/h7-12,15,17H,3-6,13-14,16H2,1-2H3/t17-/m1/s1. The molecule has 1 aromatic carbocycles. The molecule has 3 rings (SSSR count). The third-order valence-electron chi connectivity index (χ3n) is 5.05. The van der Waals surface area contributed by atoms with Crippen molar-refractivity contribution < 1.29 is 4.79 Å². The number of hydrogen-bond acceptors (Lipinski definition) is 3. The second-order valence-electron chi connectivity index (χ2n) is 6.94. The van der Waals surface area contributed by atoms with Crippen LogP contribution in [0.2, 0.25) is 0 Å². The first-order valence-electron chi connectivity index (χ1n) is 9.23. The molecular formula is C20H28N4O. The molecule has 0 spiro atoms. The molecule has 1 aliphatic heterocycles. The molecule has 1 aliphatic rings. The van der Waals surface area contributed by atoms with Gasteiger partial charge in [0.1, 0.15) is 0 Å². The number of rotatable bonds is 5. The number of benzene rings is 1. The van der Waals surface area contributed by atoms with E-state index in [2.05, 4.69) is 22.1 Å². The number of hydrogen-bond donors (Lipinski definition) is 0. The highest BCUT2D eigenvalue weighted by Gasteiger charge is 2.24. The highest BCUT2D eigenvalue weighted by atomic mass is 16.2. The van der Waals surface area contributed by atoms with Crippen molar-refractivity contribution in [2.75, 3.05) is 20.1 Å². The number of nitrogens with zero attached hydrogens (tertiary/aromatic N) is 4. The average molecular weight is 340 g/mol. The molecule has 2 aromatic rings. The van der Waals surface area contributed by atoms with Crippen LogP contribution in [0.15, 0.2) is 42.7 Å². The van der Waals surface area contributed by atoms with Gasteiger partial charge in [-0.3, -0.25) is 9.69 Å². The van der Waals surface area contributed by atoms with E-state index in [4.69, 9.17) is 0 Å². The lowest BCUT2D eigenvalue weighted by atomic mass is 10.1. The van der Waals surface area contributed by atoms with Gasteiger partial charge in [0.05, 0.1) is 11.7 Å². The summed E-state index contributed by atoms with van der Waals surface area (Å²) in [5.74, 6) is 0.207. The molecule has 25 heavy (non-hydrogen) atoms. The van der Waals surface area contributed by atoms with E-state index in [-0.39, 0.29) is 11.9 Å². The first-order valence-corrected chi connectivity index (χ1v) is 9.23. The van der Waals surface area contributed by atoms with Crippen molar-refractivity contribution in [1.82, 2.24) is 19.6 Å². The summed E-state index contributed by atoms with van der Waals surface area (Å²) in [7, 11) is 1.90. The van der Waals surface area contributed by atoms with Crippen molar-refractivity contribution in [3.63, 3.8) is 0 Å². The molecule has 0 N–H and O–H groups in total. The summed E-state index contributed by atoms with van der Waals surface area (Å²) in [6.07, 6.45) is 8.68. The average Bonchev–Trinajstić information content (AvgIpc) is 3.03. The fourth-order valence-electron chi connectivity index (χ4n) is 3.48.